The first-order valence-corrected chi connectivity index (χ1v) is 10.8. The number of hydrogen-bond acceptors (Lipinski definition) is 5. The number of likely N-dealkylation sites (tertiary alicyclic amines) is 1. The van der Waals surface area contributed by atoms with E-state index in [1.807, 2.05) is 53.4 Å². The van der Waals surface area contributed by atoms with E-state index in [0.29, 0.717) is 18.8 Å². The van der Waals surface area contributed by atoms with Gasteiger partial charge in [0.2, 0.25) is 0 Å². The van der Waals surface area contributed by atoms with E-state index in [0.717, 1.165) is 33.6 Å². The van der Waals surface area contributed by atoms with Crippen LogP contribution in [0.15, 0.2) is 71.5 Å². The fourth-order valence-electron chi connectivity index (χ4n) is 3.88. The molecule has 1 aliphatic heterocycles. The number of thiazole rings is 1. The van der Waals surface area contributed by atoms with Crippen LogP contribution in [-0.2, 0) is 6.54 Å². The minimum absolute atomic E-state index is 0.0498. The lowest BCUT2D eigenvalue weighted by atomic mass is 10.2. The van der Waals surface area contributed by atoms with Crippen LogP contribution in [0.2, 0.25) is 0 Å². The van der Waals surface area contributed by atoms with Gasteiger partial charge in [-0.3, -0.25) is 9.59 Å². The number of carbonyl (C=O) groups excluding carboxylic acids is 1. The third-order valence-corrected chi connectivity index (χ3v) is 6.51. The Balaban J connectivity index is 1.43. The monoisotopic (exact) mass is 416 g/mol. The van der Waals surface area contributed by atoms with E-state index >= 15 is 0 Å². The average Bonchev–Trinajstić information content (AvgIpc) is 3.42. The van der Waals surface area contributed by atoms with Crippen molar-refractivity contribution in [1.29, 1.82) is 0 Å². The van der Waals surface area contributed by atoms with Crippen molar-refractivity contribution < 1.29 is 4.79 Å². The molecule has 0 N–H and O–H groups in total. The molecular weight excluding hydrogens is 396 g/mol. The van der Waals surface area contributed by atoms with Gasteiger partial charge in [0, 0.05) is 12.6 Å². The summed E-state index contributed by atoms with van der Waals surface area (Å²) in [6, 6.07) is 20.6. The number of rotatable bonds is 4. The molecule has 0 saturated carbocycles. The highest BCUT2D eigenvalue weighted by Gasteiger charge is 2.33. The molecule has 0 aliphatic carbocycles. The molecule has 1 atom stereocenters. The molecule has 0 unspecified atom stereocenters. The van der Waals surface area contributed by atoms with Crippen LogP contribution in [-0.4, -0.2) is 32.1 Å². The molecule has 3 heterocycles. The zero-order chi connectivity index (χ0) is 20.5. The van der Waals surface area contributed by atoms with Crippen molar-refractivity contribution in [3.63, 3.8) is 0 Å². The molecule has 30 heavy (non-hydrogen) atoms. The molecule has 150 valence electrons. The van der Waals surface area contributed by atoms with E-state index in [-0.39, 0.29) is 17.5 Å². The summed E-state index contributed by atoms with van der Waals surface area (Å²) in [4.78, 5) is 32.2. The number of carbonyl (C=O) groups is 1. The van der Waals surface area contributed by atoms with Crippen molar-refractivity contribution in [1.82, 2.24) is 19.7 Å². The van der Waals surface area contributed by atoms with Gasteiger partial charge in [0.1, 0.15) is 10.7 Å². The standard InChI is InChI=1S/C23H20N4O2S/c28-21-13-12-18(25-27(21)15-16-7-2-1-3-8-16)23(29)26-14-6-10-19(26)22-24-17-9-4-5-11-20(17)30-22/h1-5,7-9,11-13,19H,6,10,14-15H2/t19-/m1/s1. The molecule has 0 spiro atoms. The maximum Gasteiger partial charge on any atom is 0.274 e. The first-order valence-electron chi connectivity index (χ1n) is 9.97. The third-order valence-electron chi connectivity index (χ3n) is 5.37. The van der Waals surface area contributed by atoms with Crippen LogP contribution in [0.1, 0.15) is 39.9 Å². The predicted molar refractivity (Wildman–Crippen MR) is 117 cm³/mol. The summed E-state index contributed by atoms with van der Waals surface area (Å²) in [6.07, 6.45) is 1.81. The van der Waals surface area contributed by atoms with Gasteiger partial charge in [-0.25, -0.2) is 9.67 Å². The van der Waals surface area contributed by atoms with Crippen LogP contribution in [0.5, 0.6) is 0 Å². The van der Waals surface area contributed by atoms with E-state index in [1.165, 1.54) is 16.8 Å². The van der Waals surface area contributed by atoms with E-state index in [9.17, 15) is 9.59 Å². The summed E-state index contributed by atoms with van der Waals surface area (Å²) in [6.45, 7) is 1.00. The maximum absolute atomic E-state index is 13.3. The zero-order valence-electron chi connectivity index (χ0n) is 16.3. The Kier molecular flexibility index (Phi) is 4.88. The molecule has 1 amide bonds. The van der Waals surface area contributed by atoms with Crippen LogP contribution >= 0.6 is 11.3 Å². The van der Waals surface area contributed by atoms with E-state index in [2.05, 4.69) is 11.2 Å². The number of para-hydroxylation sites is 1. The predicted octanol–water partition coefficient (Wildman–Crippen LogP) is 3.88. The molecule has 6 nitrogen and oxygen atoms in total. The number of amides is 1. The van der Waals surface area contributed by atoms with Gasteiger partial charge in [0.15, 0.2) is 0 Å². The maximum atomic E-state index is 13.3. The minimum atomic E-state index is -0.223. The van der Waals surface area contributed by atoms with Crippen molar-refractivity contribution >= 4 is 27.5 Å². The molecule has 1 fully saturated rings. The van der Waals surface area contributed by atoms with Crippen LogP contribution in [0, 0.1) is 0 Å². The van der Waals surface area contributed by atoms with Crippen molar-refractivity contribution in [3.8, 4) is 0 Å². The fraction of sp³-hybridized carbons (Fsp3) is 0.217. The van der Waals surface area contributed by atoms with Gasteiger partial charge in [-0.05, 0) is 36.6 Å². The summed E-state index contributed by atoms with van der Waals surface area (Å²) in [5.74, 6) is -0.154. The Hall–Kier alpha value is -3.32. The molecule has 2 aromatic carbocycles. The smallest absolute Gasteiger partial charge is 0.274 e. The van der Waals surface area contributed by atoms with E-state index < -0.39 is 0 Å². The lowest BCUT2D eigenvalue weighted by Gasteiger charge is -2.22. The number of fused-ring (bicyclic) bond motifs is 1. The van der Waals surface area contributed by atoms with Crippen molar-refractivity contribution in [3.05, 3.63) is 93.3 Å². The van der Waals surface area contributed by atoms with Crippen LogP contribution in [0.25, 0.3) is 10.2 Å². The first kappa shape index (κ1) is 18.7. The highest BCUT2D eigenvalue weighted by Crippen LogP contribution is 2.37. The zero-order valence-corrected chi connectivity index (χ0v) is 17.1. The molecule has 1 saturated heterocycles. The second kappa shape index (κ2) is 7.84. The molecule has 2 aromatic heterocycles. The molecule has 7 heteroatoms. The van der Waals surface area contributed by atoms with Crippen LogP contribution < -0.4 is 5.56 Å². The Labute approximate surface area is 177 Å². The van der Waals surface area contributed by atoms with Gasteiger partial charge >= 0.3 is 0 Å². The largest absolute Gasteiger partial charge is 0.328 e. The number of hydrogen-bond donors (Lipinski definition) is 0. The summed E-state index contributed by atoms with van der Waals surface area (Å²) in [7, 11) is 0. The average molecular weight is 417 g/mol. The quantitative estimate of drug-likeness (QED) is 0.506. The second-order valence-corrected chi connectivity index (χ2v) is 8.44. The van der Waals surface area contributed by atoms with Crippen LogP contribution in [0.4, 0.5) is 0 Å². The summed E-state index contributed by atoms with van der Waals surface area (Å²) >= 11 is 1.64. The molecule has 1 aliphatic rings. The van der Waals surface area contributed by atoms with Gasteiger partial charge < -0.3 is 4.90 Å². The lowest BCUT2D eigenvalue weighted by molar-refractivity contribution is 0.0726. The van der Waals surface area contributed by atoms with Crippen molar-refractivity contribution in [2.45, 2.75) is 25.4 Å². The SMILES string of the molecule is O=C(c1ccc(=O)n(Cc2ccccc2)n1)N1CCC[C@@H]1c1nc2ccccc2s1. The lowest BCUT2D eigenvalue weighted by Crippen LogP contribution is -2.33. The summed E-state index contributed by atoms with van der Waals surface area (Å²) < 4.78 is 2.48. The first-order chi connectivity index (χ1) is 14.7. The van der Waals surface area contributed by atoms with Gasteiger partial charge in [0.25, 0.3) is 11.5 Å². The third kappa shape index (κ3) is 3.52. The van der Waals surface area contributed by atoms with Gasteiger partial charge in [0.05, 0.1) is 22.8 Å². The Bertz CT molecular complexity index is 1230. The van der Waals surface area contributed by atoms with Gasteiger partial charge in [-0.1, -0.05) is 42.5 Å². The van der Waals surface area contributed by atoms with Crippen molar-refractivity contribution in [2.24, 2.45) is 0 Å². The van der Waals surface area contributed by atoms with E-state index in [1.54, 1.807) is 11.3 Å². The van der Waals surface area contributed by atoms with Gasteiger partial charge in [-0.15, -0.1) is 11.3 Å². The van der Waals surface area contributed by atoms with E-state index in [4.69, 9.17) is 4.98 Å². The highest BCUT2D eigenvalue weighted by molar-refractivity contribution is 7.18. The molecule has 4 aromatic rings. The molecule has 5 rings (SSSR count). The Morgan fingerprint density at radius 3 is 2.67 bits per heavy atom. The van der Waals surface area contributed by atoms with Crippen LogP contribution in [0.3, 0.4) is 0 Å². The Morgan fingerprint density at radius 1 is 1.03 bits per heavy atom. The molecule has 0 radical (unpaired) electrons. The minimum Gasteiger partial charge on any atom is -0.328 e. The fourth-order valence-corrected chi connectivity index (χ4v) is 4.99. The Morgan fingerprint density at radius 2 is 1.83 bits per heavy atom. The second-order valence-electron chi connectivity index (χ2n) is 7.38. The number of nitrogens with zero attached hydrogens (tertiary/aromatic N) is 4. The molecule has 0 bridgehead atoms. The highest BCUT2D eigenvalue weighted by atomic mass is 32.1. The number of aromatic nitrogens is 3. The summed E-state index contributed by atoms with van der Waals surface area (Å²) in [5, 5.41) is 5.34. The van der Waals surface area contributed by atoms with Crippen molar-refractivity contribution in [2.75, 3.05) is 6.54 Å². The summed E-state index contributed by atoms with van der Waals surface area (Å²) in [5.41, 5.74) is 2.00. The molecular formula is C23H20N4O2S. The van der Waals surface area contributed by atoms with Gasteiger partial charge in [-0.2, -0.15) is 5.10 Å². The number of benzene rings is 2. The topological polar surface area (TPSA) is 68.1 Å². The normalized spacial score (nSPS) is 16.3.